The van der Waals surface area contributed by atoms with Crippen LogP contribution in [0.25, 0.3) is 0 Å². The monoisotopic (exact) mass is 344 g/mol. The van der Waals surface area contributed by atoms with E-state index >= 15 is 0 Å². The molecule has 24 heavy (non-hydrogen) atoms. The quantitative estimate of drug-likeness (QED) is 0.787. The smallest absolute Gasteiger partial charge is 0.416 e. The zero-order valence-corrected chi connectivity index (χ0v) is 13.4. The summed E-state index contributed by atoms with van der Waals surface area (Å²) < 4.78 is 49.1. The summed E-state index contributed by atoms with van der Waals surface area (Å²) in [6.07, 6.45) is -3.68. The molecule has 0 heterocycles. The maximum absolute atomic E-state index is 13.2. The Labute approximate surface area is 137 Å². The fraction of sp³-hybridized carbons (Fsp3) is 0.529. The summed E-state index contributed by atoms with van der Waals surface area (Å²) in [6, 6.07) is 5.35. The van der Waals surface area contributed by atoms with Crippen molar-refractivity contribution in [2.45, 2.75) is 31.4 Å². The third-order valence-corrected chi connectivity index (χ3v) is 4.56. The van der Waals surface area contributed by atoms with E-state index in [1.54, 1.807) is 6.07 Å². The standard InChI is InChI=1S/C17H19F3O4/c1-23-15(21)12-8-7-10(9-13(12)16(22)24-2)11-5-3-4-6-14(11)17(18,19)20/h3-6,10,12-13H,7-9H2,1-2H3/t10?,12-,13-/m0/s1. The molecule has 1 aliphatic rings. The molecule has 1 aliphatic carbocycles. The predicted octanol–water partition coefficient (Wildman–Crippen LogP) is 3.55. The number of methoxy groups -OCH3 is 2. The van der Waals surface area contributed by atoms with Crippen LogP contribution in [0.4, 0.5) is 13.2 Å². The van der Waals surface area contributed by atoms with E-state index in [0.29, 0.717) is 6.42 Å². The SMILES string of the molecule is COC(=O)[C@H]1CCC(c2ccccc2C(F)(F)F)C[C@@H]1C(=O)OC. The van der Waals surface area contributed by atoms with Gasteiger partial charge >= 0.3 is 18.1 Å². The topological polar surface area (TPSA) is 52.6 Å². The third-order valence-electron chi connectivity index (χ3n) is 4.56. The molecule has 4 nitrogen and oxygen atoms in total. The Hall–Kier alpha value is -2.05. The average Bonchev–Trinajstić information content (AvgIpc) is 2.59. The van der Waals surface area contributed by atoms with Gasteiger partial charge in [0.05, 0.1) is 31.6 Å². The number of benzene rings is 1. The van der Waals surface area contributed by atoms with Gasteiger partial charge in [0.2, 0.25) is 0 Å². The van der Waals surface area contributed by atoms with Crippen molar-refractivity contribution in [1.29, 1.82) is 0 Å². The van der Waals surface area contributed by atoms with Crippen molar-refractivity contribution in [3.63, 3.8) is 0 Å². The number of ether oxygens (including phenoxy) is 2. The highest BCUT2D eigenvalue weighted by Crippen LogP contribution is 2.44. The molecule has 0 amide bonds. The lowest BCUT2D eigenvalue weighted by atomic mass is 9.71. The van der Waals surface area contributed by atoms with E-state index in [1.165, 1.54) is 26.4 Å². The predicted molar refractivity (Wildman–Crippen MR) is 79.0 cm³/mol. The van der Waals surface area contributed by atoms with Crippen molar-refractivity contribution in [1.82, 2.24) is 0 Å². The average molecular weight is 344 g/mol. The van der Waals surface area contributed by atoms with E-state index in [1.807, 2.05) is 0 Å². The summed E-state index contributed by atoms with van der Waals surface area (Å²) in [7, 11) is 2.42. The number of hydrogen-bond donors (Lipinski definition) is 0. The highest BCUT2D eigenvalue weighted by Gasteiger charge is 2.43. The molecular weight excluding hydrogens is 325 g/mol. The lowest BCUT2D eigenvalue weighted by molar-refractivity contribution is -0.160. The van der Waals surface area contributed by atoms with Gasteiger partial charge in [-0.3, -0.25) is 9.59 Å². The van der Waals surface area contributed by atoms with Crippen LogP contribution in [0.2, 0.25) is 0 Å². The molecule has 1 fully saturated rings. The molecule has 0 bridgehead atoms. The largest absolute Gasteiger partial charge is 0.469 e. The molecule has 7 heteroatoms. The van der Waals surface area contributed by atoms with Crippen molar-refractivity contribution in [2.75, 3.05) is 14.2 Å². The van der Waals surface area contributed by atoms with Crippen LogP contribution in [0.5, 0.6) is 0 Å². The number of carbonyl (C=O) groups excluding carboxylic acids is 2. The van der Waals surface area contributed by atoms with Crippen molar-refractivity contribution < 1.29 is 32.2 Å². The van der Waals surface area contributed by atoms with Crippen LogP contribution in [0.3, 0.4) is 0 Å². The first-order valence-electron chi connectivity index (χ1n) is 7.61. The molecule has 3 atom stereocenters. The van der Waals surface area contributed by atoms with Gasteiger partial charge in [-0.15, -0.1) is 0 Å². The molecule has 1 saturated carbocycles. The summed E-state index contributed by atoms with van der Waals surface area (Å²) in [5.41, 5.74) is -0.544. The number of hydrogen-bond acceptors (Lipinski definition) is 4. The molecule has 0 aromatic heterocycles. The van der Waals surface area contributed by atoms with E-state index < -0.39 is 41.4 Å². The van der Waals surface area contributed by atoms with Crippen molar-refractivity contribution in [3.8, 4) is 0 Å². The van der Waals surface area contributed by atoms with Crippen LogP contribution >= 0.6 is 0 Å². The van der Waals surface area contributed by atoms with Crippen molar-refractivity contribution in [2.24, 2.45) is 11.8 Å². The molecule has 1 aromatic carbocycles. The zero-order chi connectivity index (χ0) is 17.9. The summed E-state index contributed by atoms with van der Waals surface area (Å²) in [5, 5.41) is 0. The molecule has 0 saturated heterocycles. The molecule has 0 N–H and O–H groups in total. The second-order valence-electron chi connectivity index (χ2n) is 5.85. The fourth-order valence-corrected chi connectivity index (χ4v) is 3.41. The van der Waals surface area contributed by atoms with E-state index in [4.69, 9.17) is 9.47 Å². The summed E-state index contributed by atoms with van der Waals surface area (Å²) in [4.78, 5) is 23.9. The number of rotatable bonds is 3. The minimum absolute atomic E-state index is 0.125. The van der Waals surface area contributed by atoms with Crippen LogP contribution in [0.15, 0.2) is 24.3 Å². The Morgan fingerprint density at radius 2 is 1.58 bits per heavy atom. The first-order chi connectivity index (χ1) is 11.3. The number of esters is 2. The number of alkyl halides is 3. The van der Waals surface area contributed by atoms with Crippen LogP contribution in [-0.2, 0) is 25.2 Å². The molecule has 132 valence electrons. The van der Waals surface area contributed by atoms with E-state index in [9.17, 15) is 22.8 Å². The minimum Gasteiger partial charge on any atom is -0.469 e. The van der Waals surface area contributed by atoms with Gasteiger partial charge in [0.25, 0.3) is 0 Å². The van der Waals surface area contributed by atoms with E-state index in [-0.39, 0.29) is 18.4 Å². The maximum atomic E-state index is 13.2. The van der Waals surface area contributed by atoms with Gasteiger partial charge in [-0.25, -0.2) is 0 Å². The van der Waals surface area contributed by atoms with Gasteiger partial charge in [0, 0.05) is 0 Å². The minimum atomic E-state index is -4.46. The van der Waals surface area contributed by atoms with Crippen molar-refractivity contribution in [3.05, 3.63) is 35.4 Å². The first-order valence-corrected chi connectivity index (χ1v) is 7.61. The van der Waals surface area contributed by atoms with Crippen LogP contribution in [0.1, 0.15) is 36.3 Å². The van der Waals surface area contributed by atoms with Gasteiger partial charge in [-0.05, 0) is 36.8 Å². The Balaban J connectivity index is 2.32. The van der Waals surface area contributed by atoms with E-state index in [0.717, 1.165) is 6.07 Å². The second kappa shape index (κ2) is 7.23. The Morgan fingerprint density at radius 3 is 2.17 bits per heavy atom. The van der Waals surface area contributed by atoms with Gasteiger partial charge in [-0.1, -0.05) is 18.2 Å². The van der Waals surface area contributed by atoms with Crippen LogP contribution < -0.4 is 0 Å². The molecule has 2 rings (SSSR count). The molecule has 0 aliphatic heterocycles. The zero-order valence-electron chi connectivity index (χ0n) is 13.4. The van der Waals surface area contributed by atoms with Crippen molar-refractivity contribution >= 4 is 11.9 Å². The fourth-order valence-electron chi connectivity index (χ4n) is 3.41. The molecule has 1 aromatic rings. The summed E-state index contributed by atoms with van der Waals surface area (Å²) in [6.45, 7) is 0. The van der Waals surface area contributed by atoms with Gasteiger partial charge in [0.1, 0.15) is 0 Å². The highest BCUT2D eigenvalue weighted by atomic mass is 19.4. The van der Waals surface area contributed by atoms with Gasteiger partial charge < -0.3 is 9.47 Å². The Bertz CT molecular complexity index is 612. The Morgan fingerprint density at radius 1 is 1.00 bits per heavy atom. The van der Waals surface area contributed by atoms with Gasteiger partial charge in [0.15, 0.2) is 0 Å². The van der Waals surface area contributed by atoms with Crippen LogP contribution in [0, 0.1) is 11.8 Å². The Kier molecular flexibility index (Phi) is 5.51. The van der Waals surface area contributed by atoms with E-state index in [2.05, 4.69) is 0 Å². The maximum Gasteiger partial charge on any atom is 0.416 e. The lowest BCUT2D eigenvalue weighted by Gasteiger charge is -2.34. The number of halogens is 3. The third kappa shape index (κ3) is 3.71. The molecular formula is C17H19F3O4. The second-order valence-corrected chi connectivity index (χ2v) is 5.85. The van der Waals surface area contributed by atoms with Gasteiger partial charge in [-0.2, -0.15) is 13.2 Å². The molecule has 1 unspecified atom stereocenters. The highest BCUT2D eigenvalue weighted by molar-refractivity contribution is 5.82. The number of carbonyl (C=O) groups is 2. The molecule has 0 radical (unpaired) electrons. The van der Waals surface area contributed by atoms with Crippen LogP contribution in [-0.4, -0.2) is 26.2 Å². The first kappa shape index (κ1) is 18.3. The normalized spacial score (nSPS) is 24.3. The summed E-state index contributed by atoms with van der Waals surface area (Å²) in [5.74, 6) is -3.08. The lowest BCUT2D eigenvalue weighted by Crippen LogP contribution is -2.36. The molecule has 0 spiro atoms. The summed E-state index contributed by atoms with van der Waals surface area (Å²) >= 11 is 0.